The van der Waals surface area contributed by atoms with E-state index in [1.807, 2.05) is 24.3 Å². The number of rotatable bonds is 4. The molecule has 1 amide bonds. The van der Waals surface area contributed by atoms with Gasteiger partial charge < -0.3 is 10.5 Å². The fraction of sp³-hybridized carbons (Fsp3) is 0.300. The van der Waals surface area contributed by atoms with Gasteiger partial charge in [-0.25, -0.2) is 0 Å². The zero-order valence-electron chi connectivity index (χ0n) is 7.87. The molecular formula is C10H12BrNO2. The molecule has 1 rings (SSSR count). The minimum atomic E-state index is -0.346. The summed E-state index contributed by atoms with van der Waals surface area (Å²) in [5, 5.41) is 0. The Hall–Kier alpha value is -1.03. The van der Waals surface area contributed by atoms with E-state index in [9.17, 15) is 4.79 Å². The smallest absolute Gasteiger partial charge is 0.231 e. The highest BCUT2D eigenvalue weighted by atomic mass is 79.9. The normalized spacial score (nSPS) is 12.1. The monoisotopic (exact) mass is 257 g/mol. The Kier molecular flexibility index (Phi) is 3.95. The Morgan fingerprint density at radius 1 is 1.50 bits per heavy atom. The Balaban J connectivity index is 2.64. The number of carbonyl (C=O) groups excluding carboxylic acids is 1. The average Bonchev–Trinajstić information content (AvgIpc) is 2.19. The summed E-state index contributed by atoms with van der Waals surface area (Å²) in [5.74, 6) is 0.458. The van der Waals surface area contributed by atoms with Crippen molar-refractivity contribution < 1.29 is 9.53 Å². The van der Waals surface area contributed by atoms with Crippen molar-refractivity contribution in [2.24, 2.45) is 5.73 Å². The molecule has 0 aliphatic carbocycles. The van der Waals surface area contributed by atoms with Crippen LogP contribution in [0.1, 0.15) is 5.56 Å². The first kappa shape index (κ1) is 11.0. The molecule has 0 aromatic heterocycles. The number of benzene rings is 1. The van der Waals surface area contributed by atoms with Crippen molar-refractivity contribution in [1.82, 2.24) is 0 Å². The van der Waals surface area contributed by atoms with Crippen LogP contribution in [0.15, 0.2) is 24.3 Å². The Bertz CT molecular complexity index is 310. The van der Waals surface area contributed by atoms with Crippen molar-refractivity contribution in [3.05, 3.63) is 29.8 Å². The number of hydrogen-bond donors (Lipinski definition) is 1. The number of primary amides is 1. The van der Waals surface area contributed by atoms with Crippen molar-refractivity contribution in [3.8, 4) is 5.75 Å². The average molecular weight is 258 g/mol. The fourth-order valence-corrected chi connectivity index (χ4v) is 1.44. The van der Waals surface area contributed by atoms with Crippen LogP contribution in [-0.2, 0) is 11.2 Å². The van der Waals surface area contributed by atoms with Gasteiger partial charge >= 0.3 is 0 Å². The van der Waals surface area contributed by atoms with Crippen LogP contribution in [0.25, 0.3) is 0 Å². The summed E-state index contributed by atoms with van der Waals surface area (Å²) in [6, 6.07) is 7.54. The Morgan fingerprint density at radius 2 is 2.07 bits per heavy atom. The first-order valence-electron chi connectivity index (χ1n) is 4.20. The molecule has 0 saturated carbocycles. The standard InChI is InChI=1S/C10H12BrNO2/c1-14-8-4-2-7(3-5-8)6-9(11)10(12)13/h2-5,9H,6H2,1H3,(H2,12,13). The van der Waals surface area contributed by atoms with E-state index in [2.05, 4.69) is 15.9 Å². The van der Waals surface area contributed by atoms with Gasteiger partial charge in [0, 0.05) is 0 Å². The van der Waals surface area contributed by atoms with Crippen molar-refractivity contribution >= 4 is 21.8 Å². The second kappa shape index (κ2) is 5.00. The van der Waals surface area contributed by atoms with Gasteiger partial charge in [-0.1, -0.05) is 28.1 Å². The molecule has 76 valence electrons. The van der Waals surface area contributed by atoms with E-state index in [0.717, 1.165) is 11.3 Å². The number of methoxy groups -OCH3 is 1. The molecule has 0 aliphatic rings. The van der Waals surface area contributed by atoms with Crippen LogP contribution >= 0.6 is 15.9 Å². The van der Waals surface area contributed by atoms with Crippen LogP contribution in [0.3, 0.4) is 0 Å². The number of hydrogen-bond acceptors (Lipinski definition) is 2. The summed E-state index contributed by atoms with van der Waals surface area (Å²) < 4.78 is 5.02. The first-order chi connectivity index (χ1) is 6.63. The van der Waals surface area contributed by atoms with Crippen molar-refractivity contribution in [3.63, 3.8) is 0 Å². The van der Waals surface area contributed by atoms with Crippen LogP contribution in [0, 0.1) is 0 Å². The maximum absolute atomic E-state index is 10.8. The van der Waals surface area contributed by atoms with Crippen LogP contribution < -0.4 is 10.5 Å². The summed E-state index contributed by atoms with van der Waals surface area (Å²) in [7, 11) is 1.62. The maximum Gasteiger partial charge on any atom is 0.231 e. The largest absolute Gasteiger partial charge is 0.497 e. The van der Waals surface area contributed by atoms with Gasteiger partial charge in [0.2, 0.25) is 5.91 Å². The van der Waals surface area contributed by atoms with E-state index >= 15 is 0 Å². The zero-order chi connectivity index (χ0) is 10.6. The lowest BCUT2D eigenvalue weighted by molar-refractivity contribution is -0.117. The molecule has 0 bridgehead atoms. The molecule has 2 N–H and O–H groups in total. The minimum absolute atomic E-state index is 0.309. The molecule has 1 atom stereocenters. The molecule has 1 aromatic rings. The summed E-state index contributed by atoms with van der Waals surface area (Å²) in [4.78, 5) is 10.5. The predicted octanol–water partition coefficient (Wildman–Crippen LogP) is 1.49. The second-order valence-corrected chi connectivity index (χ2v) is 4.03. The molecule has 3 nitrogen and oxygen atoms in total. The summed E-state index contributed by atoms with van der Waals surface area (Å²) in [5.41, 5.74) is 6.18. The SMILES string of the molecule is COc1ccc(CC(Br)C(N)=O)cc1. The van der Waals surface area contributed by atoms with E-state index in [1.165, 1.54) is 0 Å². The fourth-order valence-electron chi connectivity index (χ4n) is 1.07. The molecule has 0 aliphatic heterocycles. The lowest BCUT2D eigenvalue weighted by Crippen LogP contribution is -2.24. The predicted molar refractivity (Wildman–Crippen MR) is 58.6 cm³/mol. The molecule has 4 heteroatoms. The van der Waals surface area contributed by atoms with E-state index in [-0.39, 0.29) is 10.7 Å². The third kappa shape index (κ3) is 3.03. The molecule has 0 heterocycles. The van der Waals surface area contributed by atoms with Gasteiger partial charge in [-0.3, -0.25) is 4.79 Å². The first-order valence-corrected chi connectivity index (χ1v) is 5.11. The summed E-state index contributed by atoms with van der Waals surface area (Å²) >= 11 is 3.21. The number of amides is 1. The quantitative estimate of drug-likeness (QED) is 0.832. The zero-order valence-corrected chi connectivity index (χ0v) is 9.45. The molecule has 0 radical (unpaired) electrons. The van der Waals surface area contributed by atoms with E-state index in [4.69, 9.17) is 10.5 Å². The highest BCUT2D eigenvalue weighted by Gasteiger charge is 2.10. The molecular weight excluding hydrogens is 246 g/mol. The Morgan fingerprint density at radius 3 is 2.50 bits per heavy atom. The van der Waals surface area contributed by atoms with E-state index < -0.39 is 0 Å². The summed E-state index contributed by atoms with van der Waals surface area (Å²) in [6.45, 7) is 0. The molecule has 0 fully saturated rings. The molecule has 0 saturated heterocycles. The Labute approximate surface area is 91.4 Å². The van der Waals surface area contributed by atoms with Gasteiger partial charge in [0.05, 0.1) is 11.9 Å². The van der Waals surface area contributed by atoms with E-state index in [1.54, 1.807) is 7.11 Å². The molecule has 0 spiro atoms. The topological polar surface area (TPSA) is 52.3 Å². The van der Waals surface area contributed by atoms with Crippen molar-refractivity contribution in [2.45, 2.75) is 11.2 Å². The van der Waals surface area contributed by atoms with Gasteiger partial charge in [0.1, 0.15) is 5.75 Å². The second-order valence-electron chi connectivity index (χ2n) is 2.92. The van der Waals surface area contributed by atoms with Crippen molar-refractivity contribution in [2.75, 3.05) is 7.11 Å². The number of nitrogens with two attached hydrogens (primary N) is 1. The summed E-state index contributed by atoms with van der Waals surface area (Å²) in [6.07, 6.45) is 0.597. The van der Waals surface area contributed by atoms with Crippen LogP contribution in [0.5, 0.6) is 5.75 Å². The lowest BCUT2D eigenvalue weighted by Gasteiger charge is -2.06. The third-order valence-electron chi connectivity index (χ3n) is 1.88. The van der Waals surface area contributed by atoms with Crippen LogP contribution in [-0.4, -0.2) is 17.8 Å². The number of ether oxygens (including phenoxy) is 1. The number of halogens is 1. The molecule has 14 heavy (non-hydrogen) atoms. The molecule has 1 unspecified atom stereocenters. The van der Waals surface area contributed by atoms with Gasteiger partial charge in [-0.05, 0) is 24.1 Å². The van der Waals surface area contributed by atoms with Crippen LogP contribution in [0.2, 0.25) is 0 Å². The minimum Gasteiger partial charge on any atom is -0.497 e. The van der Waals surface area contributed by atoms with Crippen LogP contribution in [0.4, 0.5) is 0 Å². The third-order valence-corrected chi connectivity index (χ3v) is 2.66. The van der Waals surface area contributed by atoms with E-state index in [0.29, 0.717) is 6.42 Å². The molecule has 1 aromatic carbocycles. The highest BCUT2D eigenvalue weighted by molar-refractivity contribution is 9.10. The lowest BCUT2D eigenvalue weighted by atomic mass is 10.1. The number of alkyl halides is 1. The maximum atomic E-state index is 10.8. The van der Waals surface area contributed by atoms with Gasteiger partial charge in [0.25, 0.3) is 0 Å². The van der Waals surface area contributed by atoms with Gasteiger partial charge in [0.15, 0.2) is 0 Å². The van der Waals surface area contributed by atoms with Gasteiger partial charge in [-0.15, -0.1) is 0 Å². The number of carbonyl (C=O) groups is 1. The van der Waals surface area contributed by atoms with Gasteiger partial charge in [-0.2, -0.15) is 0 Å². The highest BCUT2D eigenvalue weighted by Crippen LogP contribution is 2.14. The van der Waals surface area contributed by atoms with Crippen molar-refractivity contribution in [1.29, 1.82) is 0 Å².